The van der Waals surface area contributed by atoms with Gasteiger partial charge in [-0.3, -0.25) is 4.99 Å². The van der Waals surface area contributed by atoms with E-state index in [0.717, 1.165) is 17.3 Å². The zero-order valence-corrected chi connectivity index (χ0v) is 8.58. The summed E-state index contributed by atoms with van der Waals surface area (Å²) in [5, 5.41) is 0. The molecule has 2 N–H and O–H groups in total. The van der Waals surface area contributed by atoms with Crippen LogP contribution in [0, 0.1) is 19.8 Å². The predicted octanol–water partition coefficient (Wildman–Crippen LogP) is 1.56. The molecule has 1 aromatic rings. The van der Waals surface area contributed by atoms with Gasteiger partial charge in [0.25, 0.3) is 0 Å². The van der Waals surface area contributed by atoms with Gasteiger partial charge in [0, 0.05) is 12.8 Å². The Hall–Kier alpha value is -1.32. The van der Waals surface area contributed by atoms with Gasteiger partial charge in [0.05, 0.1) is 11.5 Å². The largest absolute Gasteiger partial charge is 0.444 e. The second kappa shape index (κ2) is 3.44. The zero-order valence-electron chi connectivity index (χ0n) is 8.58. The molecule has 1 fully saturated rings. The molecule has 76 valence electrons. The molecule has 14 heavy (non-hydrogen) atoms. The lowest BCUT2D eigenvalue weighted by Crippen LogP contribution is -2.14. The molecule has 0 unspecified atom stereocenters. The first-order chi connectivity index (χ1) is 6.66. The van der Waals surface area contributed by atoms with Crippen LogP contribution < -0.4 is 5.73 Å². The second-order valence-electron chi connectivity index (χ2n) is 3.76. The van der Waals surface area contributed by atoms with Crippen LogP contribution in [0.2, 0.25) is 0 Å². The van der Waals surface area contributed by atoms with Gasteiger partial charge in [-0.2, -0.15) is 0 Å². The Morgan fingerprint density at radius 1 is 1.57 bits per heavy atom. The smallest absolute Gasteiger partial charge is 0.191 e. The number of oxazole rings is 1. The molecule has 1 aliphatic carbocycles. The van der Waals surface area contributed by atoms with E-state index in [4.69, 9.17) is 10.2 Å². The average molecular weight is 193 g/mol. The van der Waals surface area contributed by atoms with Gasteiger partial charge in [-0.25, -0.2) is 4.98 Å². The van der Waals surface area contributed by atoms with Crippen molar-refractivity contribution in [1.82, 2.24) is 4.98 Å². The van der Waals surface area contributed by atoms with Crippen LogP contribution in [0.25, 0.3) is 0 Å². The van der Waals surface area contributed by atoms with E-state index in [9.17, 15) is 0 Å². The van der Waals surface area contributed by atoms with Gasteiger partial charge in [0.2, 0.25) is 0 Å². The number of hydrogen-bond donors (Lipinski definition) is 1. The van der Waals surface area contributed by atoms with E-state index in [0.29, 0.717) is 18.4 Å². The maximum atomic E-state index is 5.77. The van der Waals surface area contributed by atoms with E-state index < -0.39 is 0 Å². The number of nitrogens with two attached hydrogens (primary N) is 1. The van der Waals surface area contributed by atoms with Crippen molar-refractivity contribution in [2.45, 2.75) is 33.2 Å². The lowest BCUT2D eigenvalue weighted by molar-refractivity contribution is 0.476. The number of rotatable bonds is 3. The van der Waals surface area contributed by atoms with Crippen molar-refractivity contribution in [3.05, 3.63) is 17.3 Å². The number of amidine groups is 1. The number of nitrogens with zero attached hydrogens (tertiary/aromatic N) is 2. The Morgan fingerprint density at radius 3 is 2.79 bits per heavy atom. The molecule has 0 saturated heterocycles. The summed E-state index contributed by atoms with van der Waals surface area (Å²) >= 11 is 0. The Kier molecular flexibility index (Phi) is 2.27. The quantitative estimate of drug-likeness (QED) is 0.585. The van der Waals surface area contributed by atoms with Crippen LogP contribution in [0.4, 0.5) is 0 Å². The summed E-state index contributed by atoms with van der Waals surface area (Å²) in [4.78, 5) is 8.46. The molecule has 0 aromatic carbocycles. The van der Waals surface area contributed by atoms with E-state index in [1.54, 1.807) is 0 Å². The minimum atomic E-state index is 0.523. The standard InChI is InChI=1S/C10H15N3O/c1-6-9(14-7(2)13-6)5-12-10(11)8-3-4-8/h8H,3-5H2,1-2H3,(H2,11,12). The first kappa shape index (κ1) is 9.24. The highest BCUT2D eigenvalue weighted by Crippen LogP contribution is 2.29. The lowest BCUT2D eigenvalue weighted by atomic mass is 10.3. The van der Waals surface area contributed by atoms with Crippen LogP contribution in [-0.4, -0.2) is 10.8 Å². The minimum absolute atomic E-state index is 0.523. The van der Waals surface area contributed by atoms with Crippen molar-refractivity contribution in [2.24, 2.45) is 16.6 Å². The van der Waals surface area contributed by atoms with Crippen molar-refractivity contribution in [2.75, 3.05) is 0 Å². The lowest BCUT2D eigenvalue weighted by Gasteiger charge is -1.96. The average Bonchev–Trinajstić information content (AvgIpc) is 2.90. The second-order valence-corrected chi connectivity index (χ2v) is 3.76. The summed E-state index contributed by atoms with van der Waals surface area (Å²) in [5.74, 6) is 2.81. The van der Waals surface area contributed by atoms with Crippen LogP contribution >= 0.6 is 0 Å². The molecule has 0 atom stereocenters. The Bertz CT molecular complexity index is 363. The summed E-state index contributed by atoms with van der Waals surface area (Å²) in [6.45, 7) is 4.29. The van der Waals surface area contributed by atoms with E-state index in [-0.39, 0.29) is 0 Å². The highest BCUT2D eigenvalue weighted by Gasteiger charge is 2.25. The molecule has 1 heterocycles. The summed E-state index contributed by atoms with van der Waals surface area (Å²) in [6, 6.07) is 0. The van der Waals surface area contributed by atoms with E-state index in [1.807, 2.05) is 13.8 Å². The van der Waals surface area contributed by atoms with E-state index in [2.05, 4.69) is 9.98 Å². The molecule has 4 nitrogen and oxygen atoms in total. The Balaban J connectivity index is 2.03. The first-order valence-electron chi connectivity index (χ1n) is 4.89. The van der Waals surface area contributed by atoms with E-state index >= 15 is 0 Å². The Morgan fingerprint density at radius 2 is 2.29 bits per heavy atom. The topological polar surface area (TPSA) is 64.4 Å². The summed E-state index contributed by atoms with van der Waals surface area (Å²) < 4.78 is 5.39. The van der Waals surface area contributed by atoms with Crippen LogP contribution in [0.15, 0.2) is 9.41 Å². The summed E-state index contributed by atoms with van der Waals surface area (Å²) in [5.41, 5.74) is 6.68. The maximum Gasteiger partial charge on any atom is 0.191 e. The molecule has 1 saturated carbocycles. The third-order valence-electron chi connectivity index (χ3n) is 2.40. The monoisotopic (exact) mass is 193 g/mol. The molecule has 1 aliphatic rings. The molecular weight excluding hydrogens is 178 g/mol. The molecule has 0 spiro atoms. The van der Waals surface area contributed by atoms with Crippen molar-refractivity contribution in [1.29, 1.82) is 0 Å². The fourth-order valence-corrected chi connectivity index (χ4v) is 1.39. The van der Waals surface area contributed by atoms with Crippen LogP contribution in [0.1, 0.15) is 30.2 Å². The third kappa shape index (κ3) is 1.95. The molecule has 0 bridgehead atoms. The first-order valence-corrected chi connectivity index (χ1v) is 4.89. The molecule has 0 radical (unpaired) electrons. The molecule has 4 heteroatoms. The highest BCUT2D eigenvalue weighted by atomic mass is 16.4. The van der Waals surface area contributed by atoms with Gasteiger partial charge >= 0.3 is 0 Å². The fraction of sp³-hybridized carbons (Fsp3) is 0.600. The van der Waals surface area contributed by atoms with Gasteiger partial charge in [0.15, 0.2) is 5.89 Å². The highest BCUT2D eigenvalue weighted by molar-refractivity contribution is 5.84. The van der Waals surface area contributed by atoms with E-state index in [1.165, 1.54) is 12.8 Å². The van der Waals surface area contributed by atoms with Crippen molar-refractivity contribution in [3.63, 3.8) is 0 Å². The number of aryl methyl sites for hydroxylation is 2. The van der Waals surface area contributed by atoms with Crippen LogP contribution in [0.3, 0.4) is 0 Å². The van der Waals surface area contributed by atoms with Crippen molar-refractivity contribution in [3.8, 4) is 0 Å². The maximum absolute atomic E-state index is 5.77. The Labute approximate surface area is 83.2 Å². The SMILES string of the molecule is Cc1nc(C)c(CN=C(N)C2CC2)o1. The van der Waals surface area contributed by atoms with Crippen molar-refractivity contribution >= 4 is 5.84 Å². The van der Waals surface area contributed by atoms with Crippen LogP contribution in [0.5, 0.6) is 0 Å². The van der Waals surface area contributed by atoms with Gasteiger partial charge < -0.3 is 10.2 Å². The zero-order chi connectivity index (χ0) is 10.1. The normalized spacial score (nSPS) is 17.4. The van der Waals surface area contributed by atoms with Gasteiger partial charge in [-0.1, -0.05) is 0 Å². The van der Waals surface area contributed by atoms with Gasteiger partial charge in [0.1, 0.15) is 12.3 Å². The van der Waals surface area contributed by atoms with Crippen molar-refractivity contribution < 1.29 is 4.42 Å². The molecular formula is C10H15N3O. The number of aromatic nitrogens is 1. The summed E-state index contributed by atoms with van der Waals surface area (Å²) in [6.07, 6.45) is 2.37. The minimum Gasteiger partial charge on any atom is -0.444 e. The molecule has 0 aliphatic heterocycles. The third-order valence-corrected chi connectivity index (χ3v) is 2.40. The number of hydrogen-bond acceptors (Lipinski definition) is 3. The molecule has 0 amide bonds. The fourth-order valence-electron chi connectivity index (χ4n) is 1.39. The summed E-state index contributed by atoms with van der Waals surface area (Å²) in [7, 11) is 0. The molecule has 1 aromatic heterocycles. The van der Waals surface area contributed by atoms with Gasteiger partial charge in [-0.05, 0) is 19.8 Å². The van der Waals surface area contributed by atoms with Gasteiger partial charge in [-0.15, -0.1) is 0 Å². The number of aliphatic imine (C=N–C) groups is 1. The van der Waals surface area contributed by atoms with Crippen LogP contribution in [-0.2, 0) is 6.54 Å². The molecule has 2 rings (SSSR count). The predicted molar refractivity (Wildman–Crippen MR) is 54.0 cm³/mol.